The Morgan fingerprint density at radius 2 is 1.00 bits per heavy atom. The van der Waals surface area contributed by atoms with E-state index in [1.165, 1.54) is 77.0 Å². The smallest absolute Gasteiger partial charge is 0.463 e. The minimum Gasteiger partial charge on any atom is -0.463 e. The number of aliphatic hydroxyl groups excluding tert-OH is 1. The summed E-state index contributed by atoms with van der Waals surface area (Å²) in [6, 6.07) is 0. The van der Waals surface area contributed by atoms with Gasteiger partial charge in [-0.15, -0.1) is 0 Å². The predicted molar refractivity (Wildman–Crippen MR) is 238 cm³/mol. The van der Waals surface area contributed by atoms with E-state index in [-0.39, 0.29) is 32.1 Å². The Balaban J connectivity index is 3.67. The van der Waals surface area contributed by atoms with Crippen LogP contribution in [0.4, 0.5) is 0 Å². The van der Waals surface area contributed by atoms with E-state index in [2.05, 4.69) is 92.1 Å². The normalized spacial score (nSPS) is 14.0. The number of hydrogen-bond acceptors (Lipinski definition) is 7. The van der Waals surface area contributed by atoms with Gasteiger partial charge in [0.2, 0.25) is 5.91 Å². The van der Waals surface area contributed by atoms with Gasteiger partial charge in [-0.05, 0) is 83.5 Å². The van der Waals surface area contributed by atoms with Crippen molar-refractivity contribution in [3.05, 3.63) is 72.9 Å². The molecule has 10 heteroatoms. The summed E-state index contributed by atoms with van der Waals surface area (Å²) in [5.41, 5.74) is 0. The summed E-state index contributed by atoms with van der Waals surface area (Å²) in [7, 11) is -4.43. The molecule has 0 spiro atoms. The Labute approximate surface area is 348 Å². The van der Waals surface area contributed by atoms with Crippen LogP contribution in [0.1, 0.15) is 181 Å². The van der Waals surface area contributed by atoms with E-state index in [1.54, 1.807) is 0 Å². The van der Waals surface area contributed by atoms with Gasteiger partial charge >= 0.3 is 13.8 Å². The highest BCUT2D eigenvalue weighted by Gasteiger charge is 2.23. The second-order valence-electron chi connectivity index (χ2n) is 14.6. The number of esters is 1. The van der Waals surface area contributed by atoms with Crippen LogP contribution >= 0.6 is 7.82 Å². The molecule has 0 radical (unpaired) electrons. The summed E-state index contributed by atoms with van der Waals surface area (Å²) >= 11 is 0. The van der Waals surface area contributed by atoms with E-state index in [9.17, 15) is 24.2 Å². The molecule has 2 atom stereocenters. The number of rotatable bonds is 41. The molecule has 3 N–H and O–H groups in total. The van der Waals surface area contributed by atoms with E-state index >= 15 is 0 Å². The van der Waals surface area contributed by atoms with Crippen molar-refractivity contribution in [2.24, 2.45) is 0 Å². The highest BCUT2D eigenvalue weighted by atomic mass is 31.2. The maximum atomic E-state index is 12.1. The maximum Gasteiger partial charge on any atom is 0.472 e. The molecule has 0 aliphatic rings. The van der Waals surface area contributed by atoms with Crippen LogP contribution < -0.4 is 5.32 Å². The molecule has 0 aromatic carbocycles. The van der Waals surface area contributed by atoms with Crippen LogP contribution in [0, 0.1) is 0 Å². The Morgan fingerprint density at radius 3 is 1.54 bits per heavy atom. The average molecular weight is 820 g/mol. The first-order chi connectivity index (χ1) is 27.8. The lowest BCUT2D eigenvalue weighted by Crippen LogP contribution is -2.27. The molecule has 0 bridgehead atoms. The summed E-state index contributed by atoms with van der Waals surface area (Å²) in [4.78, 5) is 33.9. The van der Waals surface area contributed by atoms with Gasteiger partial charge in [0.15, 0.2) is 0 Å². The van der Waals surface area contributed by atoms with Gasteiger partial charge in [0.1, 0.15) is 12.7 Å². The molecule has 0 heterocycles. The molecule has 0 saturated heterocycles. The summed E-state index contributed by atoms with van der Waals surface area (Å²) in [5, 5.41) is 12.7. The number of amides is 1. The van der Waals surface area contributed by atoms with Crippen molar-refractivity contribution < 1.29 is 37.9 Å². The number of phosphoric acid groups is 1. The third-order valence-corrected chi connectivity index (χ3v) is 10.1. The fourth-order valence-electron chi connectivity index (χ4n) is 5.75. The molecule has 328 valence electrons. The van der Waals surface area contributed by atoms with E-state index in [0.29, 0.717) is 12.8 Å². The summed E-state index contributed by atoms with van der Waals surface area (Å²) in [6.07, 6.45) is 52.6. The molecule has 2 unspecified atom stereocenters. The van der Waals surface area contributed by atoms with Crippen molar-refractivity contribution in [2.45, 2.75) is 187 Å². The largest absolute Gasteiger partial charge is 0.472 e. The number of nitrogens with one attached hydrogen (secondary N) is 1. The minimum absolute atomic E-state index is 0.0721. The minimum atomic E-state index is -4.43. The lowest BCUT2D eigenvalue weighted by Gasteiger charge is -2.15. The van der Waals surface area contributed by atoms with Gasteiger partial charge in [0.25, 0.3) is 0 Å². The SMILES string of the molecule is CC/C=C\C/C=C\C/C=C\C/C=C\C/C=C\CCCCCC(=O)OCC(O)COP(=O)(O)OCCNC(=O)CCCCCCCCC/C=C\CCCCCCCC. The molecule has 0 aromatic heterocycles. The van der Waals surface area contributed by atoms with Crippen LogP contribution in [0.15, 0.2) is 72.9 Å². The van der Waals surface area contributed by atoms with Crippen molar-refractivity contribution in [1.29, 1.82) is 0 Å². The number of phosphoric ester groups is 1. The van der Waals surface area contributed by atoms with Crippen molar-refractivity contribution in [3.8, 4) is 0 Å². The second-order valence-corrected chi connectivity index (χ2v) is 16.1. The predicted octanol–water partition coefficient (Wildman–Crippen LogP) is 12.7. The van der Waals surface area contributed by atoms with Crippen LogP contribution in [0.2, 0.25) is 0 Å². The number of allylic oxidation sites excluding steroid dienone is 12. The molecule has 0 rings (SSSR count). The monoisotopic (exact) mass is 820 g/mol. The molecule has 0 aliphatic carbocycles. The van der Waals surface area contributed by atoms with Gasteiger partial charge in [0, 0.05) is 19.4 Å². The molecule has 9 nitrogen and oxygen atoms in total. The molecule has 57 heavy (non-hydrogen) atoms. The highest BCUT2D eigenvalue weighted by molar-refractivity contribution is 7.47. The Bertz CT molecular complexity index is 1160. The molecule has 0 saturated carbocycles. The number of carbonyl (C=O) groups is 2. The van der Waals surface area contributed by atoms with Gasteiger partial charge in [-0.25, -0.2) is 4.57 Å². The van der Waals surface area contributed by atoms with Gasteiger partial charge in [-0.2, -0.15) is 0 Å². The van der Waals surface area contributed by atoms with Gasteiger partial charge in [-0.3, -0.25) is 18.6 Å². The van der Waals surface area contributed by atoms with E-state index < -0.39 is 26.5 Å². The third kappa shape index (κ3) is 44.4. The van der Waals surface area contributed by atoms with Crippen LogP contribution in [-0.2, 0) is 27.9 Å². The van der Waals surface area contributed by atoms with E-state index in [1.807, 2.05) is 0 Å². The number of ether oxygens (including phenoxy) is 1. The van der Waals surface area contributed by atoms with Crippen molar-refractivity contribution >= 4 is 19.7 Å². The molecule has 0 fully saturated rings. The highest BCUT2D eigenvalue weighted by Crippen LogP contribution is 2.42. The first kappa shape index (κ1) is 54.5. The van der Waals surface area contributed by atoms with Crippen LogP contribution in [0.3, 0.4) is 0 Å². The number of hydrogen-bond donors (Lipinski definition) is 3. The average Bonchev–Trinajstić information content (AvgIpc) is 3.20. The van der Waals surface area contributed by atoms with Gasteiger partial charge in [-0.1, -0.05) is 157 Å². The fourth-order valence-corrected chi connectivity index (χ4v) is 6.51. The number of aliphatic hydroxyl groups is 1. The van der Waals surface area contributed by atoms with Crippen LogP contribution in [0.25, 0.3) is 0 Å². The fraction of sp³-hybridized carbons (Fsp3) is 0.702. The zero-order chi connectivity index (χ0) is 41.8. The van der Waals surface area contributed by atoms with Crippen molar-refractivity contribution in [2.75, 3.05) is 26.4 Å². The van der Waals surface area contributed by atoms with E-state index in [4.69, 9.17) is 13.8 Å². The number of unbranched alkanes of at least 4 members (excludes halogenated alkanes) is 16. The molecule has 1 amide bonds. The quantitative estimate of drug-likeness (QED) is 0.0240. The molecular formula is C47H82NO8P. The van der Waals surface area contributed by atoms with E-state index in [0.717, 1.165) is 70.6 Å². The number of carbonyl (C=O) groups excluding carboxylic acids is 2. The lowest BCUT2D eigenvalue weighted by atomic mass is 10.1. The first-order valence-corrected chi connectivity index (χ1v) is 23.9. The Kier molecular flexibility index (Phi) is 41.1. The summed E-state index contributed by atoms with van der Waals surface area (Å²) in [6.45, 7) is 3.39. The van der Waals surface area contributed by atoms with Gasteiger partial charge < -0.3 is 20.1 Å². The van der Waals surface area contributed by atoms with Gasteiger partial charge in [0.05, 0.1) is 13.2 Å². The second kappa shape index (κ2) is 43.0. The molecule has 0 aliphatic heterocycles. The molecular weight excluding hydrogens is 737 g/mol. The van der Waals surface area contributed by atoms with Crippen LogP contribution in [-0.4, -0.2) is 54.3 Å². The Morgan fingerprint density at radius 1 is 0.561 bits per heavy atom. The zero-order valence-electron chi connectivity index (χ0n) is 36.0. The summed E-state index contributed by atoms with van der Waals surface area (Å²) < 4.78 is 26.9. The third-order valence-electron chi connectivity index (χ3n) is 9.12. The standard InChI is InChI=1S/C47H82NO8P/c1-3-5-7-9-11-13-15-17-19-21-22-24-26-28-30-32-34-36-38-40-47(51)54-43-45(49)44-56-57(52,53)55-42-41-48-46(50)39-37-35-33-31-29-27-25-23-20-18-16-14-12-10-8-6-4-2/h5,7,11,13,17-20,22,24,28,30,45,49H,3-4,6,8-10,12,14-16,21,23,25-27,29,31-44H2,1-2H3,(H,48,50)(H,52,53)/b7-5-,13-11-,19-17-,20-18-,24-22-,30-28-. The summed E-state index contributed by atoms with van der Waals surface area (Å²) in [5.74, 6) is -0.557. The van der Waals surface area contributed by atoms with Crippen LogP contribution in [0.5, 0.6) is 0 Å². The Hall–Kier alpha value is -2.55. The lowest BCUT2D eigenvalue weighted by molar-refractivity contribution is -0.147. The van der Waals surface area contributed by atoms with Crippen molar-refractivity contribution in [3.63, 3.8) is 0 Å². The topological polar surface area (TPSA) is 131 Å². The first-order valence-electron chi connectivity index (χ1n) is 22.4. The zero-order valence-corrected chi connectivity index (χ0v) is 36.9. The molecule has 0 aromatic rings. The maximum absolute atomic E-state index is 12.1. The van der Waals surface area contributed by atoms with Crippen molar-refractivity contribution in [1.82, 2.24) is 5.32 Å².